The number of rotatable bonds is 30. The zero-order chi connectivity index (χ0) is 56.8. The minimum absolute atomic E-state index is 0.0394. The molecule has 0 saturated carbocycles. The monoisotopic (exact) mass is 1080 g/mol. The van der Waals surface area contributed by atoms with Gasteiger partial charge in [0.05, 0.1) is 49.7 Å². The van der Waals surface area contributed by atoms with Gasteiger partial charge in [0.15, 0.2) is 11.6 Å². The number of primary amides is 1. The number of ether oxygens (including phenoxy) is 4. The number of hydrogen-bond donors (Lipinski definition) is 10. The molecule has 12 N–H and O–H groups in total. The van der Waals surface area contributed by atoms with Crippen molar-refractivity contribution in [3.63, 3.8) is 0 Å². The Morgan fingerprint density at radius 3 is 2.27 bits per heavy atom. The van der Waals surface area contributed by atoms with Crippen LogP contribution >= 0.6 is 0 Å². The number of nitrogens with two attached hydrogens (primary N) is 2. The quantitative estimate of drug-likeness (QED) is 0.0229. The van der Waals surface area contributed by atoms with E-state index in [2.05, 4.69) is 38.8 Å². The number of hydrogen-bond acceptors (Lipinski definition) is 15. The molecule has 1 aromatic carbocycles. The Labute approximate surface area is 452 Å². The Morgan fingerprint density at radius 2 is 1.64 bits per heavy atom. The number of carbonyl (C=O) groups excluding carboxylic acids is 8. The molecule has 0 aromatic heterocycles. The van der Waals surface area contributed by atoms with E-state index in [1.807, 2.05) is 26.0 Å². The highest BCUT2D eigenvalue weighted by atomic mass is 16.6. The minimum Gasteiger partial charge on any atom is -0.445 e. The molecular weight excluding hydrogens is 997 g/mol. The smallest absolute Gasteiger partial charge is 0.407 e. The Hall–Kier alpha value is -6.04. The number of benzene rings is 1. The lowest BCUT2D eigenvalue weighted by molar-refractivity contribution is -0.143. The fourth-order valence-corrected chi connectivity index (χ4v) is 9.35. The minimum atomic E-state index is -0.956. The molecule has 3 heterocycles. The zero-order valence-corrected chi connectivity index (χ0v) is 45.7. The van der Waals surface area contributed by atoms with E-state index in [1.165, 1.54) is 19.1 Å². The lowest BCUT2D eigenvalue weighted by Crippen LogP contribution is -2.53. The van der Waals surface area contributed by atoms with E-state index < -0.39 is 77.9 Å². The zero-order valence-electron chi connectivity index (χ0n) is 45.7. The van der Waals surface area contributed by atoms with Gasteiger partial charge in [-0.2, -0.15) is 0 Å². The van der Waals surface area contributed by atoms with Crippen molar-refractivity contribution in [1.82, 2.24) is 26.6 Å². The molecule has 3 aliphatic rings. The van der Waals surface area contributed by atoms with Gasteiger partial charge in [-0.3, -0.25) is 28.8 Å². The van der Waals surface area contributed by atoms with Crippen LogP contribution in [0.5, 0.6) is 0 Å². The topological polar surface area (TPSA) is 341 Å². The first kappa shape index (κ1) is 63.5. The first-order valence-electron chi connectivity index (χ1n) is 26.8. The van der Waals surface area contributed by atoms with Crippen LogP contribution in [0.2, 0.25) is 0 Å². The van der Waals surface area contributed by atoms with E-state index in [0.717, 1.165) is 12.0 Å². The van der Waals surface area contributed by atoms with Gasteiger partial charge in [-0.15, -0.1) is 0 Å². The van der Waals surface area contributed by atoms with Crippen molar-refractivity contribution in [3.05, 3.63) is 65.8 Å². The summed E-state index contributed by atoms with van der Waals surface area (Å²) < 4.78 is 23.5. The van der Waals surface area contributed by atoms with Crippen molar-refractivity contribution >= 4 is 53.0 Å². The number of allylic oxidation sites excluding steroid dienone is 2. The summed E-state index contributed by atoms with van der Waals surface area (Å²) in [6.45, 7) is 12.8. The van der Waals surface area contributed by atoms with Gasteiger partial charge in [0.2, 0.25) is 23.6 Å². The molecule has 1 aromatic rings. The number of anilines is 1. The number of carbonyl (C=O) groups is 8. The molecule has 22 nitrogen and oxygen atoms in total. The van der Waals surface area contributed by atoms with Gasteiger partial charge in [-0.1, -0.05) is 62.8 Å². The molecule has 0 radical (unpaired) electrons. The number of urea groups is 1. The summed E-state index contributed by atoms with van der Waals surface area (Å²) >= 11 is 0. The predicted octanol–water partition coefficient (Wildman–Crippen LogP) is 3.02. The predicted molar refractivity (Wildman–Crippen MR) is 286 cm³/mol. The molecule has 0 bridgehead atoms. The second-order valence-electron chi connectivity index (χ2n) is 21.0. The van der Waals surface area contributed by atoms with E-state index in [1.54, 1.807) is 51.1 Å². The van der Waals surface area contributed by atoms with Gasteiger partial charge in [-0.25, -0.2) is 9.59 Å². The summed E-state index contributed by atoms with van der Waals surface area (Å²) in [5.74, 6) is -3.41. The van der Waals surface area contributed by atoms with Crippen molar-refractivity contribution in [2.24, 2.45) is 29.2 Å². The number of amides is 7. The summed E-state index contributed by atoms with van der Waals surface area (Å²) in [5, 5.41) is 36.7. The molecule has 3 aliphatic heterocycles. The van der Waals surface area contributed by atoms with E-state index in [9.17, 15) is 48.6 Å². The third kappa shape index (κ3) is 22.1. The van der Waals surface area contributed by atoms with Crippen LogP contribution in [-0.4, -0.2) is 144 Å². The fraction of sp³-hybridized carbons (Fsp3) is 0.636. The van der Waals surface area contributed by atoms with Crippen LogP contribution in [-0.2, 0) is 54.3 Å². The van der Waals surface area contributed by atoms with Gasteiger partial charge in [-0.05, 0) is 102 Å². The normalized spacial score (nSPS) is 24.8. The van der Waals surface area contributed by atoms with Crippen LogP contribution in [0, 0.1) is 17.8 Å². The number of ketones is 2. The molecule has 22 heteroatoms. The average Bonchev–Trinajstić information content (AvgIpc) is 4.16. The van der Waals surface area contributed by atoms with E-state index in [-0.39, 0.29) is 86.5 Å². The molecule has 3 fully saturated rings. The largest absolute Gasteiger partial charge is 0.445 e. The fourth-order valence-electron chi connectivity index (χ4n) is 9.35. The van der Waals surface area contributed by atoms with Gasteiger partial charge in [0, 0.05) is 50.4 Å². The van der Waals surface area contributed by atoms with E-state index in [4.69, 9.17) is 30.4 Å². The number of aliphatic hydroxyl groups excluding tert-OH is 2. The molecule has 428 valence electrons. The lowest BCUT2D eigenvalue weighted by Gasteiger charge is -2.39. The molecule has 7 amide bonds. The molecule has 77 heavy (non-hydrogen) atoms. The third-order valence-corrected chi connectivity index (χ3v) is 13.9. The van der Waals surface area contributed by atoms with Crippen molar-refractivity contribution in [3.8, 4) is 0 Å². The van der Waals surface area contributed by atoms with Gasteiger partial charge in [0.25, 0.3) is 0 Å². The third-order valence-electron chi connectivity index (χ3n) is 13.9. The standard InChI is InChI=1S/C55H84N8O14/c1-32(2)49(63-52(71)43(60-37(7)65)12-8-9-23-56)45(67)26-39(11-10-24-58-53(57)72)51(70)61-40-18-16-38(17-19-40)30-74-54(73)59-29-41(66)27-42-28-55(31-75-55)50(69)47(77-42)21-14-33(3)13-20-46-34(4)25-44(36(6)76-46)62-48(68)22-15-35(5)64/h13-19,21-22,32,34-36,39,42-44,46-47,49-50,64,69H,8-12,20,23-31,56H2,1-7H3,(H,59,73)(H,60,65)(H,61,70)(H,62,68)(H,63,71)(H3,57,58,72)/b21-14+,22-15-,33-13+/t34-,35-,36+,39+,42+,43-,44+,46-,47+,49-,50+,55+/m0/s1. The Balaban J connectivity index is 1.24. The highest BCUT2D eigenvalue weighted by Gasteiger charge is 2.58. The highest BCUT2D eigenvalue weighted by Crippen LogP contribution is 2.43. The Morgan fingerprint density at radius 1 is 0.922 bits per heavy atom. The molecular formula is C55H84N8O14. The number of nitrogens with one attached hydrogen (secondary N) is 6. The van der Waals surface area contributed by atoms with Crippen LogP contribution in [0.15, 0.2) is 60.2 Å². The second kappa shape index (κ2) is 31.4. The number of unbranched alkanes of at least 4 members (excludes halogenated alkanes) is 1. The first-order valence-corrected chi connectivity index (χ1v) is 26.8. The second-order valence-corrected chi connectivity index (χ2v) is 21.0. The van der Waals surface area contributed by atoms with Gasteiger partial charge in [0.1, 0.15) is 30.5 Å². The highest BCUT2D eigenvalue weighted by molar-refractivity contribution is 5.98. The molecule has 0 unspecified atom stereocenters. The number of aliphatic hydroxyl groups is 2. The van der Waals surface area contributed by atoms with Crippen LogP contribution in [0.25, 0.3) is 0 Å². The molecule has 3 saturated heterocycles. The van der Waals surface area contributed by atoms with Gasteiger partial charge >= 0.3 is 12.1 Å². The summed E-state index contributed by atoms with van der Waals surface area (Å²) in [4.78, 5) is 102. The Bertz CT molecular complexity index is 2250. The maximum Gasteiger partial charge on any atom is 0.407 e. The Kier molecular flexibility index (Phi) is 25.9. The van der Waals surface area contributed by atoms with Gasteiger partial charge < -0.3 is 72.5 Å². The van der Waals surface area contributed by atoms with Crippen molar-refractivity contribution in [2.75, 3.05) is 31.6 Å². The maximum absolute atomic E-state index is 13.8. The summed E-state index contributed by atoms with van der Waals surface area (Å²) in [6, 6.07) is 3.75. The SMILES string of the molecule is CC(=O)N[C@@H](CCCCN)C(=O)N[C@H](C(=O)C[C@@H](CCCNC(N)=O)C(=O)Nc1ccc(COC(=O)NCC(=O)C[C@@H]2C[C@@]3(CO3)[C@H](O)[C@@H](/C=C/C(C)=C/C[C@@H]3O[C@H](C)[C@H](NC(=O)/C=C\[C@H](C)O)C[C@@H]3C)O2)cc1)C(C)C. The van der Waals surface area contributed by atoms with Crippen LogP contribution in [0.1, 0.15) is 118 Å². The molecule has 1 spiro atoms. The number of Topliss-reactive ketones (excluding diaryl/α,β-unsaturated/α-hetero) is 2. The number of alkyl carbamates (subject to hydrolysis) is 1. The maximum atomic E-state index is 13.8. The van der Waals surface area contributed by atoms with Crippen molar-refractivity contribution < 1.29 is 67.5 Å². The van der Waals surface area contributed by atoms with Crippen LogP contribution in [0.3, 0.4) is 0 Å². The summed E-state index contributed by atoms with van der Waals surface area (Å²) in [6.07, 6.45) is 7.81. The summed E-state index contributed by atoms with van der Waals surface area (Å²) in [5.41, 5.74) is 11.9. The van der Waals surface area contributed by atoms with Crippen molar-refractivity contribution in [1.29, 1.82) is 0 Å². The number of epoxide rings is 1. The molecule has 12 atom stereocenters. The van der Waals surface area contributed by atoms with Crippen LogP contribution < -0.4 is 43.4 Å². The molecule has 4 rings (SSSR count). The molecule has 0 aliphatic carbocycles. The van der Waals surface area contributed by atoms with Crippen LogP contribution in [0.4, 0.5) is 15.3 Å². The van der Waals surface area contributed by atoms with Crippen molar-refractivity contribution in [2.45, 2.75) is 180 Å². The average molecular weight is 1080 g/mol. The lowest BCUT2D eigenvalue weighted by atomic mass is 9.87. The summed E-state index contributed by atoms with van der Waals surface area (Å²) in [7, 11) is 0. The van der Waals surface area contributed by atoms with E-state index >= 15 is 0 Å². The van der Waals surface area contributed by atoms with E-state index in [0.29, 0.717) is 62.9 Å². The first-order chi connectivity index (χ1) is 36.5.